The minimum absolute atomic E-state index is 0.0226. The Morgan fingerprint density at radius 2 is 1.58 bits per heavy atom. The van der Waals surface area contributed by atoms with Crippen molar-refractivity contribution in [1.29, 1.82) is 0 Å². The average Bonchev–Trinajstić information content (AvgIpc) is 3.22. The second kappa shape index (κ2) is 12.9. The lowest BCUT2D eigenvalue weighted by Crippen LogP contribution is -2.38. The zero-order chi connectivity index (χ0) is 31.5. The van der Waals surface area contributed by atoms with Crippen molar-refractivity contribution in [1.82, 2.24) is 0 Å². The quantitative estimate of drug-likeness (QED) is 0.220. The second-order valence-electron chi connectivity index (χ2n) is 11.5. The van der Waals surface area contributed by atoms with Crippen LogP contribution in [-0.4, -0.2) is 32.0 Å². The Bertz CT molecular complexity index is 1750. The maximum Gasteiger partial charge on any atom is 0.259 e. The standard InChI is InChI=1S/C38H38N2O5/c1-5-24(2)45-33-18-12-9-15-28(33)37-36-30(21-27(22-32(36)41)26-19-20-34(43-3)35(23-26)44-4)39-29-16-10-11-17-31(29)40(37)38(42)25-13-7-6-8-14-25/h6-20,23-24,27,37,39H,5,21-22H2,1-4H3/t24-,27-,37-/m1/s1. The lowest BCUT2D eigenvalue weighted by atomic mass is 9.78. The highest BCUT2D eigenvalue weighted by Crippen LogP contribution is 2.50. The van der Waals surface area contributed by atoms with Crippen molar-refractivity contribution in [3.63, 3.8) is 0 Å². The van der Waals surface area contributed by atoms with Crippen molar-refractivity contribution in [2.45, 2.75) is 51.2 Å². The number of carbonyl (C=O) groups is 2. The molecular formula is C38H38N2O5. The summed E-state index contributed by atoms with van der Waals surface area (Å²) in [6, 6.07) is 29.8. The molecular weight excluding hydrogens is 564 g/mol. The number of nitrogens with one attached hydrogen (secondary N) is 1. The summed E-state index contributed by atoms with van der Waals surface area (Å²) < 4.78 is 17.5. The number of methoxy groups -OCH3 is 2. The third kappa shape index (κ3) is 5.78. The monoisotopic (exact) mass is 602 g/mol. The molecule has 0 saturated heterocycles. The fourth-order valence-corrected chi connectivity index (χ4v) is 6.28. The van der Waals surface area contributed by atoms with Crippen LogP contribution in [0.15, 0.2) is 108 Å². The molecule has 1 heterocycles. The van der Waals surface area contributed by atoms with Crippen molar-refractivity contribution < 1.29 is 23.8 Å². The lowest BCUT2D eigenvalue weighted by molar-refractivity contribution is -0.116. The van der Waals surface area contributed by atoms with Gasteiger partial charge in [0.2, 0.25) is 0 Å². The fourth-order valence-electron chi connectivity index (χ4n) is 6.28. The summed E-state index contributed by atoms with van der Waals surface area (Å²) in [6.45, 7) is 4.10. The number of fused-ring (bicyclic) bond motifs is 1. The van der Waals surface area contributed by atoms with Gasteiger partial charge in [-0.15, -0.1) is 0 Å². The van der Waals surface area contributed by atoms with Crippen molar-refractivity contribution in [3.05, 3.63) is 125 Å². The number of benzene rings is 4. The van der Waals surface area contributed by atoms with Crippen LogP contribution in [0, 0.1) is 0 Å². The molecule has 1 aliphatic heterocycles. The van der Waals surface area contributed by atoms with Gasteiger partial charge in [0, 0.05) is 28.8 Å². The highest BCUT2D eigenvalue weighted by molar-refractivity contribution is 6.12. The van der Waals surface area contributed by atoms with Crippen LogP contribution in [0.3, 0.4) is 0 Å². The Balaban J connectivity index is 1.56. The van der Waals surface area contributed by atoms with E-state index in [9.17, 15) is 9.59 Å². The van der Waals surface area contributed by atoms with Gasteiger partial charge in [-0.1, -0.05) is 61.5 Å². The molecule has 7 nitrogen and oxygen atoms in total. The SMILES string of the molecule is CC[C@@H](C)Oc1ccccc1[C@@H]1C2=C(C[C@@H](c3ccc(OC)c(OC)c3)CC2=O)Nc2ccccc2N1C(=O)c1ccccc1. The number of allylic oxidation sites excluding steroid dienone is 1. The summed E-state index contributed by atoms with van der Waals surface area (Å²) in [5, 5.41) is 3.62. The van der Waals surface area contributed by atoms with Gasteiger partial charge in [0.15, 0.2) is 17.3 Å². The van der Waals surface area contributed by atoms with E-state index in [4.69, 9.17) is 14.2 Å². The number of anilines is 2. The smallest absolute Gasteiger partial charge is 0.259 e. The number of amides is 1. The van der Waals surface area contributed by atoms with E-state index in [1.807, 2.05) is 104 Å². The minimum atomic E-state index is -0.719. The first-order valence-corrected chi connectivity index (χ1v) is 15.4. The van der Waals surface area contributed by atoms with Gasteiger partial charge in [0.1, 0.15) is 5.75 Å². The van der Waals surface area contributed by atoms with E-state index in [1.165, 1.54) is 0 Å². The second-order valence-corrected chi connectivity index (χ2v) is 11.5. The average molecular weight is 603 g/mol. The maximum atomic E-state index is 14.6. The molecule has 6 rings (SSSR count). The summed E-state index contributed by atoms with van der Waals surface area (Å²) in [6.07, 6.45) is 1.62. The lowest BCUT2D eigenvalue weighted by Gasteiger charge is -2.36. The Kier molecular flexibility index (Phi) is 8.60. The largest absolute Gasteiger partial charge is 0.493 e. The third-order valence-corrected chi connectivity index (χ3v) is 8.72. The molecule has 2 aliphatic rings. The molecule has 0 fully saturated rings. The minimum Gasteiger partial charge on any atom is -0.493 e. The number of ether oxygens (including phenoxy) is 3. The van der Waals surface area contributed by atoms with Crippen molar-refractivity contribution in [3.8, 4) is 17.2 Å². The molecule has 45 heavy (non-hydrogen) atoms. The molecule has 0 radical (unpaired) electrons. The van der Waals surface area contributed by atoms with Crippen LogP contribution >= 0.6 is 0 Å². The molecule has 0 aromatic heterocycles. The van der Waals surface area contributed by atoms with E-state index >= 15 is 0 Å². The number of carbonyl (C=O) groups excluding carboxylic acids is 2. The van der Waals surface area contributed by atoms with Crippen LogP contribution in [0.25, 0.3) is 0 Å². The number of ketones is 1. The molecule has 7 heteroatoms. The molecule has 0 unspecified atom stereocenters. The number of para-hydroxylation sites is 3. The Morgan fingerprint density at radius 1 is 0.867 bits per heavy atom. The van der Waals surface area contributed by atoms with Crippen molar-refractivity contribution >= 4 is 23.1 Å². The predicted octanol–water partition coefficient (Wildman–Crippen LogP) is 8.10. The summed E-state index contributed by atoms with van der Waals surface area (Å²) in [4.78, 5) is 30.9. The first-order chi connectivity index (χ1) is 21.9. The van der Waals surface area contributed by atoms with Crippen molar-refractivity contribution in [2.75, 3.05) is 24.4 Å². The van der Waals surface area contributed by atoms with Gasteiger partial charge in [-0.3, -0.25) is 14.5 Å². The van der Waals surface area contributed by atoms with Gasteiger partial charge in [0.05, 0.1) is 37.7 Å². The van der Waals surface area contributed by atoms with Gasteiger partial charge < -0.3 is 19.5 Å². The summed E-state index contributed by atoms with van der Waals surface area (Å²) in [5.41, 5.74) is 5.12. The normalized spacial score (nSPS) is 18.2. The Labute approximate surface area is 264 Å². The fraction of sp³-hybridized carbons (Fsp3) is 0.263. The number of nitrogens with zero attached hydrogens (tertiary/aromatic N) is 1. The highest BCUT2D eigenvalue weighted by atomic mass is 16.5. The summed E-state index contributed by atoms with van der Waals surface area (Å²) in [5.74, 6) is 1.60. The summed E-state index contributed by atoms with van der Waals surface area (Å²) >= 11 is 0. The molecule has 1 aliphatic carbocycles. The Morgan fingerprint density at radius 3 is 2.33 bits per heavy atom. The molecule has 1 amide bonds. The van der Waals surface area contributed by atoms with Crippen LogP contribution < -0.4 is 24.4 Å². The van der Waals surface area contributed by atoms with Gasteiger partial charge in [-0.05, 0) is 73.7 Å². The highest BCUT2D eigenvalue weighted by Gasteiger charge is 2.43. The maximum absolute atomic E-state index is 14.6. The van der Waals surface area contributed by atoms with Crippen LogP contribution in [-0.2, 0) is 4.79 Å². The molecule has 230 valence electrons. The number of Topliss-reactive ketones (excluding diaryl/α,β-unsaturated/α-hetero) is 1. The molecule has 4 aromatic rings. The first-order valence-electron chi connectivity index (χ1n) is 15.4. The molecule has 0 saturated carbocycles. The van der Waals surface area contributed by atoms with Crippen LogP contribution in [0.4, 0.5) is 11.4 Å². The van der Waals surface area contributed by atoms with Gasteiger partial charge in [0.25, 0.3) is 5.91 Å². The van der Waals surface area contributed by atoms with E-state index in [2.05, 4.69) is 12.2 Å². The molecule has 3 atom stereocenters. The van der Waals surface area contributed by atoms with E-state index in [1.54, 1.807) is 19.1 Å². The molecule has 4 aromatic carbocycles. The van der Waals surface area contributed by atoms with E-state index in [0.29, 0.717) is 40.5 Å². The van der Waals surface area contributed by atoms with Crippen molar-refractivity contribution in [2.24, 2.45) is 0 Å². The zero-order valence-corrected chi connectivity index (χ0v) is 26.1. The van der Waals surface area contributed by atoms with Gasteiger partial charge in [-0.25, -0.2) is 0 Å². The van der Waals surface area contributed by atoms with Crippen LogP contribution in [0.1, 0.15) is 66.6 Å². The number of rotatable bonds is 8. The van der Waals surface area contributed by atoms with Gasteiger partial charge in [-0.2, -0.15) is 0 Å². The Hall–Kier alpha value is -5.04. The van der Waals surface area contributed by atoms with E-state index in [-0.39, 0.29) is 30.1 Å². The van der Waals surface area contributed by atoms with Gasteiger partial charge >= 0.3 is 0 Å². The van der Waals surface area contributed by atoms with E-state index in [0.717, 1.165) is 28.9 Å². The van der Waals surface area contributed by atoms with Crippen LogP contribution in [0.2, 0.25) is 0 Å². The van der Waals surface area contributed by atoms with E-state index < -0.39 is 6.04 Å². The first kappa shape index (κ1) is 30.0. The summed E-state index contributed by atoms with van der Waals surface area (Å²) in [7, 11) is 3.22. The van der Waals surface area contributed by atoms with Crippen LogP contribution in [0.5, 0.6) is 17.2 Å². The molecule has 1 N–H and O–H groups in total. The predicted molar refractivity (Wildman–Crippen MR) is 176 cm³/mol. The topological polar surface area (TPSA) is 77.1 Å². The molecule has 0 bridgehead atoms. The zero-order valence-electron chi connectivity index (χ0n) is 26.1. The number of hydrogen-bond acceptors (Lipinski definition) is 6. The third-order valence-electron chi connectivity index (χ3n) is 8.72. The number of hydrogen-bond donors (Lipinski definition) is 1. The molecule has 0 spiro atoms.